The number of para-hydroxylation sites is 1. The third-order valence-corrected chi connectivity index (χ3v) is 5.58. The van der Waals surface area contributed by atoms with E-state index in [0.29, 0.717) is 6.04 Å². The van der Waals surface area contributed by atoms with Crippen molar-refractivity contribution in [1.82, 2.24) is 14.8 Å². The SMILES string of the molecule is Cc1cccc(-n2cc3c(n2)c(NC2CCCCC2)nc2ccccc23)c1. The first-order valence-electron chi connectivity index (χ1n) is 9.90. The highest BCUT2D eigenvalue weighted by Crippen LogP contribution is 2.31. The molecule has 27 heavy (non-hydrogen) atoms. The molecule has 0 aliphatic heterocycles. The number of benzene rings is 2. The Kier molecular flexibility index (Phi) is 4.04. The number of hydrogen-bond acceptors (Lipinski definition) is 3. The van der Waals surface area contributed by atoms with Crippen molar-refractivity contribution in [3.8, 4) is 5.69 Å². The first-order valence-corrected chi connectivity index (χ1v) is 9.90. The third-order valence-electron chi connectivity index (χ3n) is 5.58. The van der Waals surface area contributed by atoms with Gasteiger partial charge in [-0.05, 0) is 43.5 Å². The Bertz CT molecular complexity index is 1110. The molecule has 1 fully saturated rings. The molecular formula is C23H24N4. The quantitative estimate of drug-likeness (QED) is 0.517. The second-order valence-electron chi connectivity index (χ2n) is 7.63. The molecule has 5 rings (SSSR count). The minimum Gasteiger partial charge on any atom is -0.365 e. The summed E-state index contributed by atoms with van der Waals surface area (Å²) in [6.45, 7) is 2.11. The lowest BCUT2D eigenvalue weighted by molar-refractivity contribution is 0.462. The number of anilines is 1. The number of nitrogens with one attached hydrogen (secondary N) is 1. The zero-order valence-electron chi connectivity index (χ0n) is 15.7. The summed E-state index contributed by atoms with van der Waals surface area (Å²) in [4.78, 5) is 4.94. The van der Waals surface area contributed by atoms with Crippen molar-refractivity contribution in [3.63, 3.8) is 0 Å². The molecule has 4 nitrogen and oxygen atoms in total. The van der Waals surface area contributed by atoms with Gasteiger partial charge in [-0.2, -0.15) is 5.10 Å². The maximum atomic E-state index is 4.94. The first kappa shape index (κ1) is 16.3. The summed E-state index contributed by atoms with van der Waals surface area (Å²) in [6, 6.07) is 17.3. The van der Waals surface area contributed by atoms with E-state index in [2.05, 4.69) is 67.0 Å². The van der Waals surface area contributed by atoms with E-state index in [1.165, 1.54) is 37.7 Å². The van der Waals surface area contributed by atoms with E-state index in [1.807, 2.05) is 4.68 Å². The fourth-order valence-corrected chi connectivity index (χ4v) is 4.16. The fraction of sp³-hybridized carbons (Fsp3) is 0.304. The number of aromatic nitrogens is 3. The van der Waals surface area contributed by atoms with Gasteiger partial charge >= 0.3 is 0 Å². The van der Waals surface area contributed by atoms with Gasteiger partial charge in [0, 0.05) is 23.0 Å². The van der Waals surface area contributed by atoms with Crippen LogP contribution in [0.2, 0.25) is 0 Å². The van der Waals surface area contributed by atoms with Crippen LogP contribution >= 0.6 is 0 Å². The van der Waals surface area contributed by atoms with E-state index in [4.69, 9.17) is 10.1 Å². The average molecular weight is 356 g/mol. The summed E-state index contributed by atoms with van der Waals surface area (Å²) >= 11 is 0. The first-order chi connectivity index (χ1) is 13.3. The Morgan fingerprint density at radius 2 is 1.81 bits per heavy atom. The molecule has 1 aliphatic carbocycles. The molecule has 0 bridgehead atoms. The van der Waals surface area contributed by atoms with E-state index in [1.54, 1.807) is 0 Å². The van der Waals surface area contributed by atoms with Crippen LogP contribution in [0.25, 0.3) is 27.5 Å². The predicted molar refractivity (Wildman–Crippen MR) is 112 cm³/mol. The summed E-state index contributed by atoms with van der Waals surface area (Å²) in [5.74, 6) is 0.919. The predicted octanol–water partition coefficient (Wildman–Crippen LogP) is 5.63. The summed E-state index contributed by atoms with van der Waals surface area (Å²) in [5, 5.41) is 10.9. The number of nitrogens with zero attached hydrogens (tertiary/aromatic N) is 3. The molecule has 2 aromatic carbocycles. The number of aryl methyl sites for hydroxylation is 1. The lowest BCUT2D eigenvalue weighted by Gasteiger charge is -2.23. The Labute approximate surface area is 159 Å². The molecule has 0 saturated heterocycles. The van der Waals surface area contributed by atoms with Crippen LogP contribution in [0.4, 0.5) is 5.82 Å². The standard InChI is InChI=1S/C23H24N4/c1-16-8-7-11-18(14-16)27-15-20-19-12-5-6-13-21(19)25-23(22(20)26-27)24-17-9-3-2-4-10-17/h5-8,11-15,17H,2-4,9-10H2,1H3,(H,24,25). The van der Waals surface area contributed by atoms with Gasteiger partial charge in [-0.25, -0.2) is 9.67 Å². The summed E-state index contributed by atoms with van der Waals surface area (Å²) in [6.07, 6.45) is 8.52. The van der Waals surface area contributed by atoms with Gasteiger partial charge in [-0.15, -0.1) is 0 Å². The largest absolute Gasteiger partial charge is 0.365 e. The molecule has 0 spiro atoms. The molecule has 2 heterocycles. The molecule has 2 aromatic heterocycles. The third kappa shape index (κ3) is 3.05. The minimum atomic E-state index is 0.500. The van der Waals surface area contributed by atoms with E-state index < -0.39 is 0 Å². The van der Waals surface area contributed by atoms with Gasteiger partial charge in [0.15, 0.2) is 5.82 Å². The van der Waals surface area contributed by atoms with Crippen LogP contribution < -0.4 is 5.32 Å². The van der Waals surface area contributed by atoms with Crippen molar-refractivity contribution in [2.24, 2.45) is 0 Å². The molecule has 1 aliphatic rings. The van der Waals surface area contributed by atoms with Crippen LogP contribution in [0.1, 0.15) is 37.7 Å². The minimum absolute atomic E-state index is 0.500. The molecule has 0 unspecified atom stereocenters. The Balaban J connectivity index is 1.68. The van der Waals surface area contributed by atoms with Crippen LogP contribution in [0.5, 0.6) is 0 Å². The highest BCUT2D eigenvalue weighted by molar-refractivity contribution is 6.08. The van der Waals surface area contributed by atoms with Gasteiger partial charge in [0.05, 0.1) is 11.2 Å². The lowest BCUT2D eigenvalue weighted by atomic mass is 9.95. The maximum Gasteiger partial charge on any atom is 0.155 e. The average Bonchev–Trinajstić information content (AvgIpc) is 3.15. The Hall–Kier alpha value is -2.88. The molecule has 1 N–H and O–H groups in total. The fourth-order valence-electron chi connectivity index (χ4n) is 4.16. The van der Waals surface area contributed by atoms with Crippen LogP contribution in [0, 0.1) is 6.92 Å². The molecule has 0 atom stereocenters. The lowest BCUT2D eigenvalue weighted by Crippen LogP contribution is -2.23. The molecular weight excluding hydrogens is 332 g/mol. The van der Waals surface area contributed by atoms with Gasteiger partial charge in [0.1, 0.15) is 5.52 Å². The maximum absolute atomic E-state index is 4.94. The summed E-state index contributed by atoms with van der Waals surface area (Å²) < 4.78 is 1.98. The van der Waals surface area contributed by atoms with Gasteiger partial charge < -0.3 is 5.32 Å². The number of rotatable bonds is 3. The van der Waals surface area contributed by atoms with Gasteiger partial charge in [-0.1, -0.05) is 49.6 Å². The van der Waals surface area contributed by atoms with E-state index in [0.717, 1.165) is 33.3 Å². The van der Waals surface area contributed by atoms with Gasteiger partial charge in [0.25, 0.3) is 0 Å². The van der Waals surface area contributed by atoms with Gasteiger partial charge in [0.2, 0.25) is 0 Å². The zero-order valence-corrected chi connectivity index (χ0v) is 15.7. The smallest absolute Gasteiger partial charge is 0.155 e. The molecule has 1 saturated carbocycles. The second kappa shape index (κ2) is 6.69. The molecule has 4 heteroatoms. The van der Waals surface area contributed by atoms with Crippen LogP contribution in [0.3, 0.4) is 0 Å². The van der Waals surface area contributed by atoms with Crippen LogP contribution in [-0.4, -0.2) is 20.8 Å². The van der Waals surface area contributed by atoms with Crippen molar-refractivity contribution in [1.29, 1.82) is 0 Å². The molecule has 0 amide bonds. The van der Waals surface area contributed by atoms with Crippen LogP contribution in [0.15, 0.2) is 54.7 Å². The van der Waals surface area contributed by atoms with E-state index in [-0.39, 0.29) is 0 Å². The van der Waals surface area contributed by atoms with E-state index >= 15 is 0 Å². The van der Waals surface area contributed by atoms with Crippen molar-refractivity contribution in [3.05, 3.63) is 60.3 Å². The Morgan fingerprint density at radius 1 is 0.963 bits per heavy atom. The van der Waals surface area contributed by atoms with E-state index in [9.17, 15) is 0 Å². The second-order valence-corrected chi connectivity index (χ2v) is 7.63. The molecule has 4 aromatic rings. The van der Waals surface area contributed by atoms with Crippen LogP contribution in [-0.2, 0) is 0 Å². The number of fused-ring (bicyclic) bond motifs is 3. The van der Waals surface area contributed by atoms with Gasteiger partial charge in [-0.3, -0.25) is 0 Å². The number of hydrogen-bond donors (Lipinski definition) is 1. The Morgan fingerprint density at radius 3 is 2.67 bits per heavy atom. The molecule has 136 valence electrons. The van der Waals surface area contributed by atoms with Crippen molar-refractivity contribution in [2.45, 2.75) is 45.1 Å². The highest BCUT2D eigenvalue weighted by Gasteiger charge is 2.18. The summed E-state index contributed by atoms with van der Waals surface area (Å²) in [7, 11) is 0. The monoisotopic (exact) mass is 356 g/mol. The normalized spacial score (nSPS) is 15.4. The summed E-state index contributed by atoms with van der Waals surface area (Å²) in [5.41, 5.74) is 4.29. The highest BCUT2D eigenvalue weighted by atomic mass is 15.3. The van der Waals surface area contributed by atoms with Crippen molar-refractivity contribution < 1.29 is 0 Å². The molecule has 0 radical (unpaired) electrons. The van der Waals surface area contributed by atoms with Crippen molar-refractivity contribution >= 4 is 27.6 Å². The topological polar surface area (TPSA) is 42.7 Å². The number of pyridine rings is 1. The zero-order chi connectivity index (χ0) is 18.2. The van der Waals surface area contributed by atoms with Crippen molar-refractivity contribution in [2.75, 3.05) is 5.32 Å².